The zero-order valence-electron chi connectivity index (χ0n) is 8.12. The number of morpholine rings is 1. The van der Waals surface area contributed by atoms with E-state index in [1.165, 1.54) is 0 Å². The van der Waals surface area contributed by atoms with Crippen LogP contribution in [0.5, 0.6) is 0 Å². The SMILES string of the molecule is CCN(CC)CC1C[N]CCO1. The Balaban J connectivity index is 2.18. The van der Waals surface area contributed by atoms with Gasteiger partial charge in [0.05, 0.1) is 12.7 Å². The summed E-state index contributed by atoms with van der Waals surface area (Å²) in [7, 11) is 0. The highest BCUT2D eigenvalue weighted by molar-refractivity contribution is 4.70. The van der Waals surface area contributed by atoms with Crippen molar-refractivity contribution in [3.8, 4) is 0 Å². The van der Waals surface area contributed by atoms with Crippen molar-refractivity contribution in [2.75, 3.05) is 39.3 Å². The second kappa shape index (κ2) is 5.51. The first kappa shape index (κ1) is 9.96. The normalized spacial score (nSPS) is 24.8. The minimum absolute atomic E-state index is 0.346. The second-order valence-corrected chi connectivity index (χ2v) is 3.11. The first-order valence-corrected chi connectivity index (χ1v) is 4.84. The van der Waals surface area contributed by atoms with Crippen LogP contribution in [0.25, 0.3) is 0 Å². The molecule has 0 N–H and O–H groups in total. The van der Waals surface area contributed by atoms with Crippen molar-refractivity contribution < 1.29 is 4.74 Å². The number of hydrogen-bond donors (Lipinski definition) is 0. The average molecular weight is 171 g/mol. The summed E-state index contributed by atoms with van der Waals surface area (Å²) in [6.07, 6.45) is 0.346. The van der Waals surface area contributed by atoms with E-state index in [9.17, 15) is 0 Å². The summed E-state index contributed by atoms with van der Waals surface area (Å²) < 4.78 is 5.58. The molecule has 1 aliphatic rings. The monoisotopic (exact) mass is 171 g/mol. The molecule has 1 heterocycles. The van der Waals surface area contributed by atoms with Gasteiger partial charge < -0.3 is 9.64 Å². The van der Waals surface area contributed by atoms with Gasteiger partial charge in [-0.3, -0.25) is 0 Å². The number of likely N-dealkylation sites (N-methyl/N-ethyl adjacent to an activating group) is 1. The van der Waals surface area contributed by atoms with Crippen molar-refractivity contribution in [3.63, 3.8) is 0 Å². The van der Waals surface area contributed by atoms with Crippen LogP contribution in [-0.2, 0) is 4.74 Å². The molecule has 1 fully saturated rings. The Kier molecular flexibility index (Phi) is 4.58. The summed E-state index contributed by atoms with van der Waals surface area (Å²) in [6.45, 7) is 10.2. The molecular weight excluding hydrogens is 152 g/mol. The molecule has 0 bridgehead atoms. The Morgan fingerprint density at radius 3 is 2.67 bits per heavy atom. The zero-order valence-corrected chi connectivity index (χ0v) is 8.12. The van der Waals surface area contributed by atoms with Gasteiger partial charge in [0.25, 0.3) is 0 Å². The third-order valence-electron chi connectivity index (χ3n) is 2.29. The van der Waals surface area contributed by atoms with Crippen LogP contribution in [0, 0.1) is 0 Å². The highest BCUT2D eigenvalue weighted by Crippen LogP contribution is 2.00. The molecule has 0 spiro atoms. The van der Waals surface area contributed by atoms with Crippen molar-refractivity contribution in [3.05, 3.63) is 0 Å². The Morgan fingerprint density at radius 1 is 1.42 bits per heavy atom. The maximum Gasteiger partial charge on any atom is 0.0843 e. The summed E-state index contributed by atoms with van der Waals surface area (Å²) in [5.41, 5.74) is 0. The predicted octanol–water partition coefficient (Wildman–Crippen LogP) is 0.331. The fourth-order valence-corrected chi connectivity index (χ4v) is 1.45. The van der Waals surface area contributed by atoms with Crippen molar-refractivity contribution in [1.82, 2.24) is 10.2 Å². The number of nitrogens with zero attached hydrogens (tertiary/aromatic N) is 2. The van der Waals surface area contributed by atoms with E-state index in [0.717, 1.165) is 39.3 Å². The molecule has 1 saturated heterocycles. The van der Waals surface area contributed by atoms with Crippen LogP contribution in [0.4, 0.5) is 0 Å². The van der Waals surface area contributed by atoms with Crippen molar-refractivity contribution in [2.45, 2.75) is 20.0 Å². The van der Waals surface area contributed by atoms with Crippen LogP contribution in [0.1, 0.15) is 13.8 Å². The van der Waals surface area contributed by atoms with Crippen LogP contribution in [-0.4, -0.2) is 50.3 Å². The smallest absolute Gasteiger partial charge is 0.0843 e. The fraction of sp³-hybridized carbons (Fsp3) is 1.00. The standard InChI is InChI=1S/C9H19N2O/c1-3-11(4-2)8-9-7-10-5-6-12-9/h9H,3-8H2,1-2H3. The molecule has 3 nitrogen and oxygen atoms in total. The van der Waals surface area contributed by atoms with Crippen molar-refractivity contribution in [2.24, 2.45) is 0 Å². The second-order valence-electron chi connectivity index (χ2n) is 3.11. The minimum atomic E-state index is 0.346. The van der Waals surface area contributed by atoms with Crippen molar-refractivity contribution in [1.29, 1.82) is 0 Å². The topological polar surface area (TPSA) is 26.6 Å². The van der Waals surface area contributed by atoms with Gasteiger partial charge in [0.1, 0.15) is 0 Å². The molecule has 0 aliphatic carbocycles. The molecule has 1 radical (unpaired) electrons. The lowest BCUT2D eigenvalue weighted by molar-refractivity contribution is 0.00597. The molecule has 1 atom stereocenters. The molecule has 71 valence electrons. The van der Waals surface area contributed by atoms with Crippen molar-refractivity contribution >= 4 is 0 Å². The van der Waals surface area contributed by atoms with Crippen LogP contribution in [0.2, 0.25) is 0 Å². The summed E-state index contributed by atoms with van der Waals surface area (Å²) >= 11 is 0. The molecule has 0 saturated carbocycles. The molecule has 1 unspecified atom stereocenters. The minimum Gasteiger partial charge on any atom is -0.374 e. The molecule has 12 heavy (non-hydrogen) atoms. The van der Waals surface area contributed by atoms with Crippen LogP contribution in [0.3, 0.4) is 0 Å². The maximum absolute atomic E-state index is 5.58. The Morgan fingerprint density at radius 2 is 2.17 bits per heavy atom. The third kappa shape index (κ3) is 3.09. The van der Waals surface area contributed by atoms with Crippen LogP contribution in [0.15, 0.2) is 0 Å². The average Bonchev–Trinajstić information content (AvgIpc) is 2.16. The summed E-state index contributed by atoms with van der Waals surface area (Å²) in [5, 5.41) is 4.33. The molecular formula is C9H19N2O. The van der Waals surface area contributed by atoms with E-state index in [2.05, 4.69) is 24.1 Å². The number of hydrogen-bond acceptors (Lipinski definition) is 2. The van der Waals surface area contributed by atoms with Gasteiger partial charge in [0.15, 0.2) is 0 Å². The van der Waals surface area contributed by atoms with Gasteiger partial charge in [-0.1, -0.05) is 13.8 Å². The first-order chi connectivity index (χ1) is 5.86. The Bertz CT molecular complexity index is 109. The van der Waals surface area contributed by atoms with E-state index in [4.69, 9.17) is 4.74 Å². The van der Waals surface area contributed by atoms with E-state index in [-0.39, 0.29) is 0 Å². The summed E-state index contributed by atoms with van der Waals surface area (Å²) in [6, 6.07) is 0. The largest absolute Gasteiger partial charge is 0.374 e. The van der Waals surface area contributed by atoms with Crippen LogP contribution < -0.4 is 5.32 Å². The van der Waals surface area contributed by atoms with Crippen LogP contribution >= 0.6 is 0 Å². The molecule has 0 aromatic carbocycles. The third-order valence-corrected chi connectivity index (χ3v) is 2.29. The van der Waals surface area contributed by atoms with Gasteiger partial charge in [0.2, 0.25) is 0 Å². The van der Waals surface area contributed by atoms with Gasteiger partial charge in [-0.05, 0) is 13.1 Å². The number of ether oxygens (including phenoxy) is 1. The molecule has 1 aliphatic heterocycles. The van der Waals surface area contributed by atoms with Gasteiger partial charge in [-0.2, -0.15) is 0 Å². The number of rotatable bonds is 4. The summed E-state index contributed by atoms with van der Waals surface area (Å²) in [4.78, 5) is 2.38. The Hall–Kier alpha value is -0.120. The molecule has 3 heteroatoms. The highest BCUT2D eigenvalue weighted by atomic mass is 16.5. The lowest BCUT2D eigenvalue weighted by Crippen LogP contribution is -2.42. The molecule has 1 rings (SSSR count). The lowest BCUT2D eigenvalue weighted by atomic mass is 10.3. The quantitative estimate of drug-likeness (QED) is 0.609. The summed E-state index contributed by atoms with van der Waals surface area (Å²) in [5.74, 6) is 0. The van der Waals surface area contributed by atoms with E-state index in [1.807, 2.05) is 0 Å². The lowest BCUT2D eigenvalue weighted by Gasteiger charge is -2.27. The van der Waals surface area contributed by atoms with Gasteiger partial charge in [-0.15, -0.1) is 0 Å². The van der Waals surface area contributed by atoms with E-state index in [0.29, 0.717) is 6.10 Å². The van der Waals surface area contributed by atoms with E-state index < -0.39 is 0 Å². The first-order valence-electron chi connectivity index (χ1n) is 4.84. The fourth-order valence-electron chi connectivity index (χ4n) is 1.45. The van der Waals surface area contributed by atoms with Gasteiger partial charge in [-0.25, -0.2) is 5.32 Å². The Labute approximate surface area is 75.1 Å². The van der Waals surface area contributed by atoms with Gasteiger partial charge in [0, 0.05) is 19.6 Å². The van der Waals surface area contributed by atoms with E-state index >= 15 is 0 Å². The van der Waals surface area contributed by atoms with Gasteiger partial charge >= 0.3 is 0 Å². The molecule has 0 aromatic heterocycles. The zero-order chi connectivity index (χ0) is 8.81. The molecule has 0 amide bonds. The van der Waals surface area contributed by atoms with E-state index in [1.54, 1.807) is 0 Å². The highest BCUT2D eigenvalue weighted by Gasteiger charge is 2.16. The maximum atomic E-state index is 5.58. The predicted molar refractivity (Wildman–Crippen MR) is 49.4 cm³/mol. The molecule has 0 aromatic rings.